The molecule has 20 heavy (non-hydrogen) atoms. The highest BCUT2D eigenvalue weighted by atomic mass is 16.6. The quantitative estimate of drug-likeness (QED) is 0.411. The Morgan fingerprint density at radius 3 is 1.65 bits per heavy atom. The highest BCUT2D eigenvalue weighted by Gasteiger charge is 2.29. The van der Waals surface area contributed by atoms with Gasteiger partial charge < -0.3 is 14.3 Å². The van der Waals surface area contributed by atoms with Crippen molar-refractivity contribution < 1.29 is 14.3 Å². The van der Waals surface area contributed by atoms with Gasteiger partial charge in [0.25, 0.3) is 0 Å². The van der Waals surface area contributed by atoms with E-state index in [0.717, 1.165) is 13.7 Å². The van der Waals surface area contributed by atoms with Crippen LogP contribution >= 0.6 is 0 Å². The fraction of sp³-hybridized carbons (Fsp3) is 0.636. The predicted molar refractivity (Wildman–Crippen MR) is 64.8 cm³/mol. The van der Waals surface area contributed by atoms with Crippen molar-refractivity contribution >= 4 is 6.29 Å². The first-order chi connectivity index (χ1) is 9.61. The molecule has 108 valence electrons. The van der Waals surface area contributed by atoms with Gasteiger partial charge in [-0.25, -0.2) is 28.1 Å². The summed E-state index contributed by atoms with van der Waals surface area (Å²) in [7, 11) is 0. The van der Waals surface area contributed by atoms with Crippen LogP contribution in [0.3, 0.4) is 0 Å². The molecule has 0 aliphatic carbocycles. The molecule has 0 amide bonds. The Kier molecular flexibility index (Phi) is 3.14. The molecule has 0 aromatic carbocycles. The summed E-state index contributed by atoms with van der Waals surface area (Å²) in [5.41, 5.74) is -2.25. The van der Waals surface area contributed by atoms with Crippen LogP contribution in [0, 0.1) is 0 Å². The molecule has 2 aliphatic rings. The van der Waals surface area contributed by atoms with Crippen LogP contribution in [0.1, 0.15) is 0 Å². The molecular weight excluding hydrogens is 270 g/mol. The molecule has 0 bridgehead atoms. The summed E-state index contributed by atoms with van der Waals surface area (Å²) < 4.78 is 12.6. The molecule has 0 saturated carbocycles. The van der Waals surface area contributed by atoms with Crippen molar-refractivity contribution in [3.8, 4) is 0 Å². The second-order valence-electron chi connectivity index (χ2n) is 4.76. The molecule has 2 unspecified atom stereocenters. The highest BCUT2D eigenvalue weighted by molar-refractivity contribution is 5.48. The van der Waals surface area contributed by atoms with Crippen LogP contribution in [0.25, 0.3) is 0 Å². The third-order valence-electron chi connectivity index (χ3n) is 3.22. The number of carbonyl (C=O) groups is 1. The molecule has 1 aromatic heterocycles. The van der Waals surface area contributed by atoms with Crippen LogP contribution in [0.2, 0.25) is 0 Å². The van der Waals surface area contributed by atoms with E-state index in [1.54, 1.807) is 0 Å². The predicted octanol–water partition coefficient (Wildman–Crippen LogP) is -2.83. The first-order valence-electron chi connectivity index (χ1n) is 6.23. The monoisotopic (exact) mass is 283 g/mol. The molecule has 0 N–H and O–H groups in total. The second-order valence-corrected chi connectivity index (χ2v) is 4.76. The zero-order valence-corrected chi connectivity index (χ0v) is 10.6. The Bertz CT molecular complexity index is 654. The lowest BCUT2D eigenvalue weighted by molar-refractivity contribution is -0.108. The maximum Gasteiger partial charge on any atom is 0.336 e. The minimum Gasteiger partial charge on any atom is -0.371 e. The van der Waals surface area contributed by atoms with Gasteiger partial charge >= 0.3 is 17.1 Å². The number of aldehydes is 1. The second kappa shape index (κ2) is 4.84. The molecular formula is C11H13N3O6. The van der Waals surface area contributed by atoms with Crippen molar-refractivity contribution in [2.45, 2.75) is 31.8 Å². The normalized spacial score (nSPS) is 23.6. The number of hydrogen-bond acceptors (Lipinski definition) is 6. The highest BCUT2D eigenvalue weighted by Crippen LogP contribution is 2.10. The Labute approximate surface area is 112 Å². The van der Waals surface area contributed by atoms with Crippen molar-refractivity contribution in [3.63, 3.8) is 0 Å². The van der Waals surface area contributed by atoms with Gasteiger partial charge in [0.05, 0.1) is 45.1 Å². The van der Waals surface area contributed by atoms with Gasteiger partial charge in [-0.15, -0.1) is 0 Å². The lowest BCUT2D eigenvalue weighted by Crippen LogP contribution is -2.55. The van der Waals surface area contributed by atoms with Crippen LogP contribution in [-0.4, -0.2) is 45.4 Å². The number of carbonyl (C=O) groups excluding carboxylic acids is 1. The zero-order chi connectivity index (χ0) is 14.3. The SMILES string of the molecule is O=CCn1c(=O)n(CC2CO2)c(=O)n(CC2CO2)c1=O. The smallest absolute Gasteiger partial charge is 0.336 e. The summed E-state index contributed by atoms with van der Waals surface area (Å²) in [5, 5.41) is 0. The van der Waals surface area contributed by atoms with Crippen LogP contribution in [-0.2, 0) is 33.9 Å². The molecule has 9 heteroatoms. The minimum atomic E-state index is -0.782. The Morgan fingerprint density at radius 1 is 0.900 bits per heavy atom. The summed E-state index contributed by atoms with van der Waals surface area (Å²) in [5.74, 6) is 0. The van der Waals surface area contributed by atoms with Gasteiger partial charge in [-0.2, -0.15) is 0 Å². The molecule has 2 aliphatic heterocycles. The van der Waals surface area contributed by atoms with Crippen LogP contribution in [0.4, 0.5) is 0 Å². The fourth-order valence-corrected chi connectivity index (χ4v) is 1.98. The standard InChI is InChI=1S/C11H13N3O6/c15-2-1-12-9(16)13(3-7-5-19-7)11(18)14(10(12)17)4-8-6-20-8/h2,7-8H,1,3-6H2. The molecule has 1 aromatic rings. The molecule has 2 saturated heterocycles. The summed E-state index contributed by atoms with van der Waals surface area (Å²) in [4.78, 5) is 47.0. The van der Waals surface area contributed by atoms with Gasteiger partial charge in [-0.3, -0.25) is 0 Å². The Hall–Kier alpha value is -2.00. The Morgan fingerprint density at radius 2 is 1.30 bits per heavy atom. The number of hydrogen-bond donors (Lipinski definition) is 0. The van der Waals surface area contributed by atoms with E-state index in [2.05, 4.69) is 0 Å². The third-order valence-corrected chi connectivity index (χ3v) is 3.22. The molecule has 0 radical (unpaired) electrons. The number of aromatic nitrogens is 3. The van der Waals surface area contributed by atoms with Crippen molar-refractivity contribution in [1.29, 1.82) is 0 Å². The Balaban J connectivity index is 2.13. The van der Waals surface area contributed by atoms with Crippen molar-refractivity contribution in [2.75, 3.05) is 13.2 Å². The van der Waals surface area contributed by atoms with E-state index in [1.807, 2.05) is 0 Å². The molecule has 2 fully saturated rings. The number of epoxide rings is 2. The molecule has 3 heterocycles. The molecule has 9 nitrogen and oxygen atoms in total. The van der Waals surface area contributed by atoms with E-state index in [0.29, 0.717) is 19.5 Å². The van der Waals surface area contributed by atoms with Crippen molar-refractivity contribution in [1.82, 2.24) is 13.7 Å². The molecule has 0 spiro atoms. The largest absolute Gasteiger partial charge is 0.371 e. The lowest BCUT2D eigenvalue weighted by Gasteiger charge is -2.11. The van der Waals surface area contributed by atoms with Gasteiger partial charge in [0, 0.05) is 0 Å². The van der Waals surface area contributed by atoms with E-state index in [1.165, 1.54) is 0 Å². The summed E-state index contributed by atoms with van der Waals surface area (Å²) in [6, 6.07) is 0. The summed E-state index contributed by atoms with van der Waals surface area (Å²) in [6.07, 6.45) is 0.0739. The van der Waals surface area contributed by atoms with Gasteiger partial charge in [0.1, 0.15) is 6.29 Å². The van der Waals surface area contributed by atoms with Crippen molar-refractivity contribution in [2.24, 2.45) is 0 Å². The van der Waals surface area contributed by atoms with Crippen LogP contribution in [0.5, 0.6) is 0 Å². The van der Waals surface area contributed by atoms with Crippen molar-refractivity contribution in [3.05, 3.63) is 31.5 Å². The van der Waals surface area contributed by atoms with Gasteiger partial charge in [0.15, 0.2) is 0 Å². The van der Waals surface area contributed by atoms with E-state index in [4.69, 9.17) is 9.47 Å². The average Bonchev–Trinajstić information content (AvgIpc) is 3.30. The lowest BCUT2D eigenvalue weighted by atomic mass is 10.4. The van der Waals surface area contributed by atoms with E-state index < -0.39 is 17.1 Å². The number of rotatable bonds is 6. The summed E-state index contributed by atoms with van der Waals surface area (Å²) >= 11 is 0. The van der Waals surface area contributed by atoms with Crippen LogP contribution in [0.15, 0.2) is 14.4 Å². The fourth-order valence-electron chi connectivity index (χ4n) is 1.98. The minimum absolute atomic E-state index is 0.0856. The van der Waals surface area contributed by atoms with Gasteiger partial charge in [0.2, 0.25) is 0 Å². The van der Waals surface area contributed by atoms with Gasteiger partial charge in [-0.1, -0.05) is 0 Å². The first kappa shape index (κ1) is 13.0. The number of ether oxygens (including phenoxy) is 2. The summed E-state index contributed by atoms with van der Waals surface area (Å²) in [6.45, 7) is 0.745. The van der Waals surface area contributed by atoms with E-state index in [-0.39, 0.29) is 31.8 Å². The van der Waals surface area contributed by atoms with Crippen LogP contribution < -0.4 is 17.1 Å². The third kappa shape index (κ3) is 2.37. The van der Waals surface area contributed by atoms with E-state index in [9.17, 15) is 19.2 Å². The van der Waals surface area contributed by atoms with Gasteiger partial charge in [-0.05, 0) is 0 Å². The number of nitrogens with zero attached hydrogens (tertiary/aromatic N) is 3. The first-order valence-corrected chi connectivity index (χ1v) is 6.23. The maximum absolute atomic E-state index is 12.2. The average molecular weight is 283 g/mol. The molecule has 2 atom stereocenters. The zero-order valence-electron chi connectivity index (χ0n) is 10.6. The maximum atomic E-state index is 12.2. The topological polar surface area (TPSA) is 108 Å². The van der Waals surface area contributed by atoms with E-state index >= 15 is 0 Å². The molecule has 3 rings (SSSR count).